The molecule has 0 unspecified atom stereocenters. The fourth-order valence-corrected chi connectivity index (χ4v) is 6.90. The van der Waals surface area contributed by atoms with E-state index in [9.17, 15) is 4.79 Å². The number of rotatable bonds is 6. The third-order valence-corrected chi connectivity index (χ3v) is 8.98. The van der Waals surface area contributed by atoms with Crippen LogP contribution in [-0.2, 0) is 9.53 Å². The van der Waals surface area contributed by atoms with Crippen LogP contribution in [0.2, 0.25) is 5.02 Å². The molecule has 1 saturated heterocycles. The van der Waals surface area contributed by atoms with E-state index in [0.717, 1.165) is 74.5 Å². The zero-order valence-electron chi connectivity index (χ0n) is 22.7. The number of anilines is 1. The Morgan fingerprint density at radius 3 is 2.39 bits per heavy atom. The predicted octanol–water partition coefficient (Wildman–Crippen LogP) is 7.25. The maximum absolute atomic E-state index is 13.0. The lowest BCUT2D eigenvalue weighted by Gasteiger charge is -2.32. The lowest BCUT2D eigenvalue weighted by atomic mass is 9.90. The van der Waals surface area contributed by atoms with Crippen LogP contribution in [0.5, 0.6) is 0 Å². The summed E-state index contributed by atoms with van der Waals surface area (Å²) in [4.78, 5) is 27.7. The van der Waals surface area contributed by atoms with Gasteiger partial charge in [0.15, 0.2) is 15.8 Å². The van der Waals surface area contributed by atoms with Crippen LogP contribution in [0, 0.1) is 6.92 Å². The average Bonchev–Trinajstić information content (AvgIpc) is 3.50. The summed E-state index contributed by atoms with van der Waals surface area (Å²) in [6.45, 7) is 13.6. The Labute approximate surface area is 237 Å². The molecular weight excluding hydrogens is 536 g/mol. The molecule has 1 atom stereocenters. The van der Waals surface area contributed by atoms with Crippen LogP contribution in [-0.4, -0.2) is 59.5 Å². The van der Waals surface area contributed by atoms with Gasteiger partial charge in [0.05, 0.1) is 15.8 Å². The van der Waals surface area contributed by atoms with Crippen LogP contribution in [0.1, 0.15) is 44.9 Å². The fraction of sp³-hybridized carbons (Fsp3) is 0.414. The van der Waals surface area contributed by atoms with E-state index in [4.69, 9.17) is 26.3 Å². The topological polar surface area (TPSA) is 58.6 Å². The number of hydrogen-bond donors (Lipinski definition) is 0. The summed E-state index contributed by atoms with van der Waals surface area (Å²) < 4.78 is 7.38. The minimum atomic E-state index is -0.695. The number of nitrogens with zero attached hydrogens (tertiary/aromatic N) is 4. The number of carbonyl (C=O) groups is 1. The highest BCUT2D eigenvalue weighted by Crippen LogP contribution is 2.45. The Hall–Kier alpha value is -2.36. The summed E-state index contributed by atoms with van der Waals surface area (Å²) in [5.74, 6) is 0.987. The molecule has 3 heterocycles. The van der Waals surface area contributed by atoms with E-state index in [1.165, 1.54) is 0 Å². The molecule has 9 heteroatoms. The summed E-state index contributed by atoms with van der Waals surface area (Å²) in [5.41, 5.74) is 4.21. The minimum absolute atomic E-state index is 0.0286. The van der Waals surface area contributed by atoms with Gasteiger partial charge >= 0.3 is 0 Å². The van der Waals surface area contributed by atoms with Crippen LogP contribution in [0.3, 0.4) is 0 Å². The molecule has 0 bridgehead atoms. The van der Waals surface area contributed by atoms with Crippen LogP contribution < -0.4 is 4.90 Å². The smallest absolute Gasteiger partial charge is 0.163 e. The second kappa shape index (κ2) is 10.7. The van der Waals surface area contributed by atoms with Crippen molar-refractivity contribution in [3.8, 4) is 21.1 Å². The largest absolute Gasteiger partial charge is 0.360 e. The molecule has 6 nitrogen and oxygen atoms in total. The first-order valence-electron chi connectivity index (χ1n) is 12.8. The van der Waals surface area contributed by atoms with Crippen molar-refractivity contribution < 1.29 is 9.53 Å². The van der Waals surface area contributed by atoms with Crippen molar-refractivity contribution in [1.82, 2.24) is 14.9 Å². The number of piperazine rings is 1. The molecule has 200 valence electrons. The molecule has 1 fully saturated rings. The number of ether oxygens (including phenoxy) is 1. The van der Waals surface area contributed by atoms with Gasteiger partial charge in [-0.3, -0.25) is 4.79 Å². The minimum Gasteiger partial charge on any atom is -0.360 e. The second-order valence-corrected chi connectivity index (χ2v) is 13.2. The number of Topliss-reactive ketones (excluding diaryl/α,β-unsaturated/α-hetero) is 1. The Balaban J connectivity index is 1.65. The van der Waals surface area contributed by atoms with Crippen molar-refractivity contribution in [2.45, 2.75) is 46.3 Å². The van der Waals surface area contributed by atoms with Crippen molar-refractivity contribution >= 4 is 56.1 Å². The molecule has 0 N–H and O–H groups in total. The van der Waals surface area contributed by atoms with Crippen molar-refractivity contribution in [2.24, 2.45) is 0 Å². The average molecular weight is 569 g/mol. The molecule has 1 aliphatic rings. The van der Waals surface area contributed by atoms with E-state index in [1.54, 1.807) is 29.6 Å². The van der Waals surface area contributed by atoms with Crippen molar-refractivity contribution in [3.05, 3.63) is 51.9 Å². The number of thiazole rings is 2. The molecule has 0 saturated carbocycles. The van der Waals surface area contributed by atoms with Gasteiger partial charge < -0.3 is 14.5 Å². The van der Waals surface area contributed by atoms with Gasteiger partial charge in [0.1, 0.15) is 11.9 Å². The Bertz CT molecular complexity index is 1460. The highest BCUT2D eigenvalue weighted by molar-refractivity contribution is 7.25. The zero-order chi connectivity index (χ0) is 27.2. The van der Waals surface area contributed by atoms with Gasteiger partial charge in [-0.25, -0.2) is 9.97 Å². The van der Waals surface area contributed by atoms with E-state index < -0.39 is 11.7 Å². The van der Waals surface area contributed by atoms with E-state index in [1.807, 2.05) is 52.0 Å². The molecule has 2 aromatic carbocycles. The highest BCUT2D eigenvalue weighted by atomic mass is 35.5. The van der Waals surface area contributed by atoms with Crippen molar-refractivity contribution in [2.75, 3.05) is 38.1 Å². The number of benzene rings is 2. The molecule has 2 aromatic heterocycles. The second-order valence-electron chi connectivity index (χ2n) is 10.9. The molecule has 0 aliphatic carbocycles. The first-order valence-corrected chi connectivity index (χ1v) is 14.9. The van der Waals surface area contributed by atoms with Gasteiger partial charge in [0.25, 0.3) is 0 Å². The van der Waals surface area contributed by atoms with Gasteiger partial charge in [-0.05, 0) is 71.0 Å². The number of ketones is 1. The number of halogens is 1. The van der Waals surface area contributed by atoms with Gasteiger partial charge in [-0.15, -0.1) is 22.7 Å². The van der Waals surface area contributed by atoms with E-state index in [2.05, 4.69) is 28.3 Å². The maximum Gasteiger partial charge on any atom is 0.163 e. The monoisotopic (exact) mass is 568 g/mol. The number of likely N-dealkylation sites (N-methyl/N-ethyl adjacent to an activating group) is 1. The molecule has 38 heavy (non-hydrogen) atoms. The zero-order valence-corrected chi connectivity index (χ0v) is 25.1. The third-order valence-electron chi connectivity index (χ3n) is 6.67. The summed E-state index contributed by atoms with van der Waals surface area (Å²) in [5, 5.41) is 4.59. The third kappa shape index (κ3) is 5.65. The Morgan fingerprint density at radius 1 is 1.08 bits per heavy atom. The van der Waals surface area contributed by atoms with Crippen molar-refractivity contribution in [3.63, 3.8) is 0 Å². The molecule has 1 aliphatic heterocycles. The molecular formula is C29H33ClN4O2S2. The SMILES string of the molecule is CC(=O)[C@@H](OC(C)(C)C)c1c(C)cc2nc(-c3nc(N4CCN(C)CC4)cs3)sc2c1-c1ccc(Cl)cc1. The maximum atomic E-state index is 13.0. The number of carbonyl (C=O) groups excluding carboxylic acids is 1. The Kier molecular flexibility index (Phi) is 7.64. The summed E-state index contributed by atoms with van der Waals surface area (Å²) in [6.07, 6.45) is -0.695. The fourth-order valence-electron chi connectivity index (χ4n) is 4.79. The van der Waals surface area contributed by atoms with Crippen LogP contribution in [0.4, 0.5) is 5.82 Å². The summed E-state index contributed by atoms with van der Waals surface area (Å²) in [7, 11) is 2.16. The quantitative estimate of drug-likeness (QED) is 0.244. The van der Waals surface area contributed by atoms with Crippen LogP contribution in [0.15, 0.2) is 35.7 Å². The molecule has 0 radical (unpaired) electrons. The van der Waals surface area contributed by atoms with E-state index in [0.29, 0.717) is 5.02 Å². The first kappa shape index (κ1) is 27.2. The number of aryl methyl sites for hydroxylation is 1. The van der Waals surface area contributed by atoms with Gasteiger partial charge in [0, 0.05) is 47.7 Å². The number of fused-ring (bicyclic) bond motifs is 1. The van der Waals surface area contributed by atoms with Crippen LogP contribution >= 0.6 is 34.3 Å². The number of hydrogen-bond acceptors (Lipinski definition) is 8. The van der Waals surface area contributed by atoms with Gasteiger partial charge in [0.2, 0.25) is 0 Å². The highest BCUT2D eigenvalue weighted by Gasteiger charge is 2.30. The first-order chi connectivity index (χ1) is 18.0. The standard InChI is InChI=1S/C29H33ClN4O2S2/c1-17-15-21-26(38-28(31-21)27-32-22(16-37-27)34-13-11-33(6)12-14-34)24(19-7-9-20(30)10-8-19)23(17)25(18(2)35)36-29(3,4)5/h7-10,15-16,25H,11-14H2,1-6H3/t25-/m1/s1. The summed E-state index contributed by atoms with van der Waals surface area (Å²) in [6, 6.07) is 9.84. The van der Waals surface area contributed by atoms with E-state index >= 15 is 0 Å². The van der Waals surface area contributed by atoms with Gasteiger partial charge in [-0.1, -0.05) is 23.7 Å². The number of aromatic nitrogens is 2. The summed E-state index contributed by atoms with van der Waals surface area (Å²) >= 11 is 9.49. The van der Waals surface area contributed by atoms with Gasteiger partial charge in [-0.2, -0.15) is 0 Å². The van der Waals surface area contributed by atoms with Crippen molar-refractivity contribution in [1.29, 1.82) is 0 Å². The lowest BCUT2D eigenvalue weighted by Crippen LogP contribution is -2.44. The van der Waals surface area contributed by atoms with E-state index in [-0.39, 0.29) is 5.78 Å². The Morgan fingerprint density at radius 2 is 1.76 bits per heavy atom. The van der Waals surface area contributed by atoms with Crippen LogP contribution in [0.25, 0.3) is 31.4 Å². The normalized spacial score (nSPS) is 15.8. The predicted molar refractivity (Wildman–Crippen MR) is 160 cm³/mol. The molecule has 0 amide bonds. The molecule has 5 rings (SSSR count). The lowest BCUT2D eigenvalue weighted by molar-refractivity contribution is -0.138. The molecule has 4 aromatic rings. The molecule has 0 spiro atoms.